The number of aliphatic hydroxyl groups excluding tert-OH is 1. The molecule has 17 heavy (non-hydrogen) atoms. The van der Waals surface area contributed by atoms with Gasteiger partial charge in [0.05, 0.1) is 11.1 Å². The molecule has 0 radical (unpaired) electrons. The lowest BCUT2D eigenvalue weighted by Gasteiger charge is -2.24. The summed E-state index contributed by atoms with van der Waals surface area (Å²) in [6, 6.07) is 4.65. The highest BCUT2D eigenvalue weighted by atomic mass is 35.5. The Labute approximate surface area is 107 Å². The fraction of sp³-hybridized carbons (Fsp3) is 0.538. The molecule has 1 aromatic rings. The molecule has 96 valence electrons. The molecule has 2 unspecified atom stereocenters. The third kappa shape index (κ3) is 3.66. The average Bonchev–Trinajstić information content (AvgIpc) is 2.28. The molecule has 0 aromatic heterocycles. The number of hydrogen-bond donors (Lipinski definition) is 2. The van der Waals surface area contributed by atoms with Crippen molar-refractivity contribution in [3.63, 3.8) is 0 Å². The summed E-state index contributed by atoms with van der Waals surface area (Å²) in [6.45, 7) is 4.42. The second kappa shape index (κ2) is 6.34. The van der Waals surface area contributed by atoms with Crippen molar-refractivity contribution in [2.24, 2.45) is 17.6 Å². The minimum absolute atomic E-state index is 0.0295. The standard InChI is InChI=1S/C13H19ClFNO/c1-8(2)6-9(7-16)13(17)10-4-3-5-11(14)12(10)15/h3-5,8-9,13,17H,6-7,16H2,1-2H3. The minimum Gasteiger partial charge on any atom is -0.388 e. The van der Waals surface area contributed by atoms with Crippen LogP contribution in [0, 0.1) is 17.7 Å². The van der Waals surface area contributed by atoms with Crippen LogP contribution in [0.5, 0.6) is 0 Å². The van der Waals surface area contributed by atoms with Gasteiger partial charge in [-0.05, 0) is 24.9 Å². The Morgan fingerprint density at radius 1 is 1.41 bits per heavy atom. The molecular weight excluding hydrogens is 241 g/mol. The summed E-state index contributed by atoms with van der Waals surface area (Å²) in [4.78, 5) is 0. The van der Waals surface area contributed by atoms with E-state index in [4.69, 9.17) is 17.3 Å². The van der Waals surface area contributed by atoms with Crippen molar-refractivity contribution in [1.82, 2.24) is 0 Å². The second-order valence-corrected chi connectivity index (χ2v) is 5.12. The molecule has 2 atom stereocenters. The Balaban J connectivity index is 2.93. The van der Waals surface area contributed by atoms with Crippen LogP contribution in [0.15, 0.2) is 18.2 Å². The molecule has 4 heteroatoms. The van der Waals surface area contributed by atoms with E-state index in [1.807, 2.05) is 13.8 Å². The third-order valence-corrected chi connectivity index (χ3v) is 3.12. The molecule has 0 spiro atoms. The molecule has 0 aliphatic carbocycles. The first-order chi connectivity index (χ1) is 7.97. The monoisotopic (exact) mass is 259 g/mol. The van der Waals surface area contributed by atoms with Crippen LogP contribution < -0.4 is 5.73 Å². The van der Waals surface area contributed by atoms with Gasteiger partial charge in [0.15, 0.2) is 0 Å². The maximum absolute atomic E-state index is 13.8. The lowest BCUT2D eigenvalue weighted by atomic mass is 9.88. The van der Waals surface area contributed by atoms with E-state index in [9.17, 15) is 9.50 Å². The summed E-state index contributed by atoms with van der Waals surface area (Å²) in [6.07, 6.45) is -0.148. The lowest BCUT2D eigenvalue weighted by Crippen LogP contribution is -2.24. The highest BCUT2D eigenvalue weighted by molar-refractivity contribution is 6.30. The van der Waals surface area contributed by atoms with E-state index in [-0.39, 0.29) is 16.5 Å². The van der Waals surface area contributed by atoms with Gasteiger partial charge >= 0.3 is 0 Å². The summed E-state index contributed by atoms with van der Waals surface area (Å²) < 4.78 is 13.8. The number of hydrogen-bond acceptors (Lipinski definition) is 2. The largest absolute Gasteiger partial charge is 0.388 e. The molecule has 0 fully saturated rings. The van der Waals surface area contributed by atoms with Crippen LogP contribution in [-0.2, 0) is 0 Å². The molecule has 0 heterocycles. The zero-order valence-corrected chi connectivity index (χ0v) is 10.9. The summed E-state index contributed by atoms with van der Waals surface area (Å²) >= 11 is 5.69. The topological polar surface area (TPSA) is 46.2 Å². The van der Waals surface area contributed by atoms with Gasteiger partial charge in [-0.15, -0.1) is 0 Å². The number of nitrogens with two attached hydrogens (primary N) is 1. The molecule has 0 aliphatic rings. The fourth-order valence-corrected chi connectivity index (χ4v) is 2.14. The Hall–Kier alpha value is -0.640. The molecular formula is C13H19ClFNO. The first-order valence-electron chi connectivity index (χ1n) is 5.79. The van der Waals surface area contributed by atoms with E-state index in [0.717, 1.165) is 6.42 Å². The summed E-state index contributed by atoms with van der Waals surface area (Å²) in [5.41, 5.74) is 5.86. The molecule has 2 nitrogen and oxygen atoms in total. The Bertz CT molecular complexity index is 370. The van der Waals surface area contributed by atoms with E-state index in [2.05, 4.69) is 0 Å². The highest BCUT2D eigenvalue weighted by Gasteiger charge is 2.24. The maximum Gasteiger partial charge on any atom is 0.147 e. The first kappa shape index (κ1) is 14.4. The number of rotatable bonds is 5. The van der Waals surface area contributed by atoms with Gasteiger partial charge in [0.1, 0.15) is 5.82 Å². The van der Waals surface area contributed by atoms with Gasteiger partial charge in [0, 0.05) is 11.5 Å². The van der Waals surface area contributed by atoms with E-state index in [1.165, 1.54) is 6.07 Å². The smallest absolute Gasteiger partial charge is 0.147 e. The van der Waals surface area contributed by atoms with Gasteiger partial charge in [0.25, 0.3) is 0 Å². The van der Waals surface area contributed by atoms with Crippen molar-refractivity contribution in [1.29, 1.82) is 0 Å². The summed E-state index contributed by atoms with van der Waals surface area (Å²) in [5, 5.41) is 10.2. The molecule has 0 saturated carbocycles. The number of halogens is 2. The van der Waals surface area contributed by atoms with Crippen molar-refractivity contribution >= 4 is 11.6 Å². The fourth-order valence-electron chi connectivity index (χ4n) is 1.96. The van der Waals surface area contributed by atoms with E-state index >= 15 is 0 Å². The molecule has 1 aromatic carbocycles. The lowest BCUT2D eigenvalue weighted by molar-refractivity contribution is 0.0960. The summed E-state index contributed by atoms with van der Waals surface area (Å²) in [5.74, 6) is -0.299. The molecule has 0 aliphatic heterocycles. The van der Waals surface area contributed by atoms with Gasteiger partial charge in [0.2, 0.25) is 0 Å². The molecule has 0 amide bonds. The van der Waals surface area contributed by atoms with Gasteiger partial charge in [-0.2, -0.15) is 0 Å². The number of benzene rings is 1. The van der Waals surface area contributed by atoms with E-state index < -0.39 is 11.9 Å². The van der Waals surface area contributed by atoms with Crippen molar-refractivity contribution in [3.05, 3.63) is 34.6 Å². The van der Waals surface area contributed by atoms with Gasteiger partial charge in [-0.25, -0.2) is 4.39 Å². The van der Waals surface area contributed by atoms with Crippen LogP contribution >= 0.6 is 11.6 Å². The highest BCUT2D eigenvalue weighted by Crippen LogP contribution is 2.30. The quantitative estimate of drug-likeness (QED) is 0.853. The second-order valence-electron chi connectivity index (χ2n) is 4.71. The van der Waals surface area contributed by atoms with E-state index in [1.54, 1.807) is 12.1 Å². The molecule has 1 rings (SSSR count). The van der Waals surface area contributed by atoms with Crippen molar-refractivity contribution in [2.45, 2.75) is 26.4 Å². The summed E-state index contributed by atoms with van der Waals surface area (Å²) in [7, 11) is 0. The van der Waals surface area contributed by atoms with Crippen LogP contribution in [-0.4, -0.2) is 11.7 Å². The molecule has 3 N–H and O–H groups in total. The van der Waals surface area contributed by atoms with Crippen LogP contribution in [0.3, 0.4) is 0 Å². The Morgan fingerprint density at radius 2 is 2.06 bits per heavy atom. The SMILES string of the molecule is CC(C)CC(CN)C(O)c1cccc(Cl)c1F. The zero-order chi connectivity index (χ0) is 13.0. The molecule has 0 saturated heterocycles. The van der Waals surface area contributed by atoms with Crippen LogP contribution in [0.2, 0.25) is 5.02 Å². The van der Waals surface area contributed by atoms with Gasteiger partial charge < -0.3 is 10.8 Å². The first-order valence-corrected chi connectivity index (χ1v) is 6.17. The van der Waals surface area contributed by atoms with Crippen LogP contribution in [0.1, 0.15) is 31.9 Å². The number of aliphatic hydroxyl groups is 1. The van der Waals surface area contributed by atoms with Crippen molar-refractivity contribution in [3.8, 4) is 0 Å². The maximum atomic E-state index is 13.8. The van der Waals surface area contributed by atoms with Gasteiger partial charge in [-0.1, -0.05) is 37.6 Å². The minimum atomic E-state index is -0.902. The van der Waals surface area contributed by atoms with Crippen molar-refractivity contribution in [2.75, 3.05) is 6.54 Å². The van der Waals surface area contributed by atoms with E-state index in [0.29, 0.717) is 12.5 Å². The van der Waals surface area contributed by atoms with Crippen LogP contribution in [0.25, 0.3) is 0 Å². The normalized spacial score (nSPS) is 15.0. The van der Waals surface area contributed by atoms with Crippen molar-refractivity contribution < 1.29 is 9.50 Å². The molecule has 0 bridgehead atoms. The Morgan fingerprint density at radius 3 is 2.59 bits per heavy atom. The van der Waals surface area contributed by atoms with Crippen LogP contribution in [0.4, 0.5) is 4.39 Å². The van der Waals surface area contributed by atoms with Gasteiger partial charge in [-0.3, -0.25) is 0 Å². The Kier molecular flexibility index (Phi) is 5.37. The zero-order valence-electron chi connectivity index (χ0n) is 10.2. The third-order valence-electron chi connectivity index (χ3n) is 2.82. The predicted octanol–water partition coefficient (Wildman–Crippen LogP) is 3.13. The average molecular weight is 260 g/mol. The predicted molar refractivity (Wildman–Crippen MR) is 68.4 cm³/mol.